The Morgan fingerprint density at radius 3 is 2.21 bits per heavy atom. The Labute approximate surface area is 257 Å². The lowest BCUT2D eigenvalue weighted by atomic mass is 10.0. The highest BCUT2D eigenvalue weighted by Gasteiger charge is 2.32. The zero-order chi connectivity index (χ0) is 31.0. The molecule has 0 aromatic heterocycles. The van der Waals surface area contributed by atoms with Crippen molar-refractivity contribution < 1.29 is 18.0 Å². The zero-order valence-electron chi connectivity index (χ0n) is 25.9. The molecule has 43 heavy (non-hydrogen) atoms. The molecule has 0 heterocycles. The summed E-state index contributed by atoms with van der Waals surface area (Å²) in [5.41, 5.74) is 5.54. The van der Waals surface area contributed by atoms with E-state index in [0.29, 0.717) is 25.1 Å². The lowest BCUT2D eigenvalue weighted by Gasteiger charge is -2.33. The van der Waals surface area contributed by atoms with E-state index in [1.54, 1.807) is 11.0 Å². The fourth-order valence-electron chi connectivity index (χ4n) is 5.88. The standard InChI is InChI=1S/C35H45N3O4S/c1-26-15-12-21-32(28(26)3)38(43(4,41)42)23-13-22-34(39)37(25-30-18-9-8-14-27(30)2)33(24-29-16-6-5-7-17-29)35(40)36-31-19-10-11-20-31/h5-9,12,14-18,21,31,33H,10-11,13,19-20,22-25H2,1-4H3,(H,36,40)/t33-/m0/s1. The molecule has 1 atom stereocenters. The van der Waals surface area contributed by atoms with Gasteiger partial charge in [-0.25, -0.2) is 8.42 Å². The Balaban J connectivity index is 1.61. The zero-order valence-corrected chi connectivity index (χ0v) is 26.7. The van der Waals surface area contributed by atoms with Gasteiger partial charge < -0.3 is 10.2 Å². The SMILES string of the molecule is Cc1ccccc1CN(C(=O)CCCN(c1cccc(C)c1C)S(C)(=O)=O)[C@@H](Cc1ccccc1)C(=O)NC1CCCC1. The van der Waals surface area contributed by atoms with Gasteiger partial charge in [0.2, 0.25) is 21.8 Å². The van der Waals surface area contributed by atoms with Crippen LogP contribution in [0.5, 0.6) is 0 Å². The summed E-state index contributed by atoms with van der Waals surface area (Å²) in [6, 6.07) is 22.8. The van der Waals surface area contributed by atoms with Crippen LogP contribution in [-0.4, -0.2) is 50.0 Å². The van der Waals surface area contributed by atoms with Crippen LogP contribution in [0.2, 0.25) is 0 Å². The van der Waals surface area contributed by atoms with Crippen LogP contribution in [0.15, 0.2) is 72.8 Å². The van der Waals surface area contributed by atoms with E-state index in [1.807, 2.05) is 87.5 Å². The first-order chi connectivity index (χ1) is 20.5. The van der Waals surface area contributed by atoms with E-state index in [9.17, 15) is 18.0 Å². The molecule has 1 aliphatic rings. The minimum Gasteiger partial charge on any atom is -0.352 e. The summed E-state index contributed by atoms with van der Waals surface area (Å²) >= 11 is 0. The van der Waals surface area contributed by atoms with Gasteiger partial charge >= 0.3 is 0 Å². The second kappa shape index (κ2) is 14.7. The van der Waals surface area contributed by atoms with E-state index in [4.69, 9.17) is 0 Å². The maximum atomic E-state index is 14.1. The number of hydrogen-bond acceptors (Lipinski definition) is 4. The number of hydrogen-bond donors (Lipinski definition) is 1. The molecule has 230 valence electrons. The van der Waals surface area contributed by atoms with Gasteiger partial charge in [0.1, 0.15) is 6.04 Å². The number of nitrogens with zero attached hydrogens (tertiary/aromatic N) is 2. The maximum absolute atomic E-state index is 14.1. The molecule has 2 amide bonds. The van der Waals surface area contributed by atoms with Crippen LogP contribution in [0.25, 0.3) is 0 Å². The molecule has 0 saturated heterocycles. The summed E-state index contributed by atoms with van der Waals surface area (Å²) < 4.78 is 27.0. The Morgan fingerprint density at radius 1 is 0.884 bits per heavy atom. The highest BCUT2D eigenvalue weighted by atomic mass is 32.2. The van der Waals surface area contributed by atoms with Gasteiger partial charge in [-0.2, -0.15) is 0 Å². The van der Waals surface area contributed by atoms with Crippen LogP contribution >= 0.6 is 0 Å². The van der Waals surface area contributed by atoms with Crippen molar-refractivity contribution in [1.82, 2.24) is 10.2 Å². The highest BCUT2D eigenvalue weighted by molar-refractivity contribution is 7.92. The number of amides is 2. The molecular weight excluding hydrogens is 558 g/mol. The minimum absolute atomic E-state index is 0.116. The van der Waals surface area contributed by atoms with Gasteiger partial charge in [-0.05, 0) is 73.9 Å². The molecule has 8 heteroatoms. The second-order valence-corrected chi connectivity index (χ2v) is 13.7. The number of carbonyl (C=O) groups is 2. The Morgan fingerprint density at radius 2 is 1.53 bits per heavy atom. The van der Waals surface area contributed by atoms with Crippen molar-refractivity contribution in [3.63, 3.8) is 0 Å². The molecule has 1 aliphatic carbocycles. The van der Waals surface area contributed by atoms with Crippen molar-refractivity contribution in [1.29, 1.82) is 0 Å². The van der Waals surface area contributed by atoms with Crippen LogP contribution in [0.4, 0.5) is 5.69 Å². The number of carbonyl (C=O) groups excluding carboxylic acids is 2. The molecular formula is C35H45N3O4S. The van der Waals surface area contributed by atoms with E-state index >= 15 is 0 Å². The smallest absolute Gasteiger partial charge is 0.243 e. The molecule has 1 fully saturated rings. The second-order valence-electron chi connectivity index (χ2n) is 11.8. The summed E-state index contributed by atoms with van der Waals surface area (Å²) in [4.78, 5) is 29.7. The molecule has 0 unspecified atom stereocenters. The normalized spacial score (nSPS) is 14.3. The lowest BCUT2D eigenvalue weighted by Crippen LogP contribution is -2.52. The van der Waals surface area contributed by atoms with Crippen LogP contribution in [0.3, 0.4) is 0 Å². The molecule has 1 N–H and O–H groups in total. The Bertz CT molecular complexity index is 1500. The van der Waals surface area contributed by atoms with Gasteiger partial charge in [-0.1, -0.05) is 79.6 Å². The third-order valence-corrected chi connectivity index (χ3v) is 9.75. The lowest BCUT2D eigenvalue weighted by molar-refractivity contribution is -0.141. The van der Waals surface area contributed by atoms with E-state index < -0.39 is 16.1 Å². The third-order valence-electron chi connectivity index (χ3n) is 8.57. The van der Waals surface area contributed by atoms with E-state index in [2.05, 4.69) is 5.32 Å². The first-order valence-corrected chi connectivity index (χ1v) is 17.1. The van der Waals surface area contributed by atoms with Crippen molar-refractivity contribution in [2.75, 3.05) is 17.1 Å². The van der Waals surface area contributed by atoms with Crippen molar-refractivity contribution in [2.24, 2.45) is 0 Å². The van der Waals surface area contributed by atoms with Gasteiger partial charge in [0.05, 0.1) is 11.9 Å². The molecule has 0 radical (unpaired) electrons. The summed E-state index contributed by atoms with van der Waals surface area (Å²) in [6.45, 7) is 6.35. The predicted octanol–water partition coefficient (Wildman–Crippen LogP) is 5.86. The predicted molar refractivity (Wildman–Crippen MR) is 173 cm³/mol. The van der Waals surface area contributed by atoms with Crippen LogP contribution in [0, 0.1) is 20.8 Å². The Hall–Kier alpha value is -3.65. The molecule has 1 saturated carbocycles. The Kier molecular flexibility index (Phi) is 11.0. The minimum atomic E-state index is -3.57. The summed E-state index contributed by atoms with van der Waals surface area (Å²) in [7, 11) is -3.57. The summed E-state index contributed by atoms with van der Waals surface area (Å²) in [5, 5.41) is 3.24. The van der Waals surface area contributed by atoms with E-state index in [0.717, 1.165) is 53.5 Å². The van der Waals surface area contributed by atoms with Crippen molar-refractivity contribution in [3.05, 3.63) is 101 Å². The van der Waals surface area contributed by atoms with Crippen LogP contribution in [-0.2, 0) is 32.6 Å². The quantitative estimate of drug-likeness (QED) is 0.265. The molecule has 0 spiro atoms. The maximum Gasteiger partial charge on any atom is 0.243 e. The van der Waals surface area contributed by atoms with Gasteiger partial charge in [-0.3, -0.25) is 13.9 Å². The first kappa shape index (κ1) is 32.3. The van der Waals surface area contributed by atoms with Gasteiger partial charge in [0.25, 0.3) is 0 Å². The molecule has 0 bridgehead atoms. The third kappa shape index (κ3) is 8.69. The number of anilines is 1. The number of benzene rings is 3. The van der Waals surface area contributed by atoms with Crippen molar-refractivity contribution >= 4 is 27.5 Å². The van der Waals surface area contributed by atoms with Gasteiger partial charge in [0, 0.05) is 32.0 Å². The van der Waals surface area contributed by atoms with Crippen molar-refractivity contribution in [2.45, 2.75) is 84.3 Å². The molecule has 0 aliphatic heterocycles. The fraction of sp³-hybridized carbons (Fsp3) is 0.429. The van der Waals surface area contributed by atoms with Gasteiger partial charge in [0.15, 0.2) is 0 Å². The first-order valence-electron chi connectivity index (χ1n) is 15.3. The number of nitrogens with one attached hydrogen (secondary N) is 1. The van der Waals surface area contributed by atoms with Crippen molar-refractivity contribution in [3.8, 4) is 0 Å². The highest BCUT2D eigenvalue weighted by Crippen LogP contribution is 2.26. The summed E-state index contributed by atoms with van der Waals surface area (Å²) in [5.74, 6) is -0.300. The molecule has 3 aromatic carbocycles. The average molecular weight is 604 g/mol. The monoisotopic (exact) mass is 603 g/mol. The topological polar surface area (TPSA) is 86.8 Å². The number of rotatable bonds is 13. The number of aryl methyl sites for hydroxylation is 2. The van der Waals surface area contributed by atoms with E-state index in [-0.39, 0.29) is 30.8 Å². The largest absolute Gasteiger partial charge is 0.352 e. The summed E-state index contributed by atoms with van der Waals surface area (Å²) in [6.07, 6.45) is 6.13. The molecule has 7 nitrogen and oxygen atoms in total. The fourth-order valence-corrected chi connectivity index (χ4v) is 6.90. The average Bonchev–Trinajstić information content (AvgIpc) is 3.48. The molecule has 3 aromatic rings. The van der Waals surface area contributed by atoms with E-state index in [1.165, 1.54) is 10.6 Å². The van der Waals surface area contributed by atoms with Crippen LogP contribution < -0.4 is 9.62 Å². The van der Waals surface area contributed by atoms with Gasteiger partial charge in [-0.15, -0.1) is 0 Å². The molecule has 4 rings (SSSR count). The van der Waals surface area contributed by atoms with Crippen LogP contribution in [0.1, 0.15) is 66.3 Å². The number of sulfonamides is 1.